The van der Waals surface area contributed by atoms with E-state index in [1.165, 1.54) is 0 Å². The molecular weight excluding hydrogens is 324 g/mol. The molecule has 1 aliphatic heterocycles. The number of carboxylic acid groups (broad SMARTS) is 1. The molecule has 1 aromatic rings. The molecule has 2 heterocycles. The van der Waals surface area contributed by atoms with Crippen molar-refractivity contribution in [2.24, 2.45) is 5.92 Å². The molecule has 0 saturated carbocycles. The Morgan fingerprint density at radius 1 is 1.50 bits per heavy atom. The lowest BCUT2D eigenvalue weighted by Crippen LogP contribution is -2.42. The summed E-state index contributed by atoms with van der Waals surface area (Å²) in [5.74, 6) is -1.21. The average molecular weight is 341 g/mol. The quantitative estimate of drug-likeness (QED) is 0.852. The molecular formula is C14H17BrN2O3. The van der Waals surface area contributed by atoms with Gasteiger partial charge in [0.05, 0.1) is 5.92 Å². The number of carbonyl (C=O) groups is 2. The van der Waals surface area contributed by atoms with E-state index in [1.54, 1.807) is 11.1 Å². The maximum atomic E-state index is 12.1. The number of aromatic nitrogens is 1. The highest BCUT2D eigenvalue weighted by Gasteiger charge is 2.27. The summed E-state index contributed by atoms with van der Waals surface area (Å²) >= 11 is 3.36. The van der Waals surface area contributed by atoms with Gasteiger partial charge in [0.1, 0.15) is 4.60 Å². The van der Waals surface area contributed by atoms with Crippen molar-refractivity contribution in [3.63, 3.8) is 0 Å². The molecule has 1 aliphatic rings. The minimum absolute atomic E-state index is 0.0201. The number of hydrogen-bond acceptors (Lipinski definition) is 3. The first-order chi connectivity index (χ1) is 9.58. The number of rotatable bonds is 4. The van der Waals surface area contributed by atoms with E-state index >= 15 is 0 Å². The van der Waals surface area contributed by atoms with Crippen LogP contribution in [0.2, 0.25) is 0 Å². The van der Waals surface area contributed by atoms with E-state index in [0.29, 0.717) is 32.4 Å². The SMILES string of the molecule is O=C(O)C1CCCN(C(=O)CCc2cccnc2Br)C1. The van der Waals surface area contributed by atoms with Crippen LogP contribution in [-0.2, 0) is 16.0 Å². The second kappa shape index (κ2) is 6.83. The van der Waals surface area contributed by atoms with Crippen molar-refractivity contribution in [3.05, 3.63) is 28.5 Å². The van der Waals surface area contributed by atoms with Gasteiger partial charge in [-0.25, -0.2) is 4.98 Å². The zero-order valence-corrected chi connectivity index (χ0v) is 12.7. The average Bonchev–Trinajstić information content (AvgIpc) is 2.46. The highest BCUT2D eigenvalue weighted by molar-refractivity contribution is 9.10. The summed E-state index contributed by atoms with van der Waals surface area (Å²) in [5, 5.41) is 9.03. The highest BCUT2D eigenvalue weighted by Crippen LogP contribution is 2.19. The smallest absolute Gasteiger partial charge is 0.308 e. The van der Waals surface area contributed by atoms with Crippen molar-refractivity contribution in [3.8, 4) is 0 Å². The number of likely N-dealkylation sites (tertiary alicyclic amines) is 1. The molecule has 0 bridgehead atoms. The van der Waals surface area contributed by atoms with E-state index in [1.807, 2.05) is 12.1 Å². The Morgan fingerprint density at radius 2 is 2.30 bits per heavy atom. The molecule has 1 N–H and O–H groups in total. The van der Waals surface area contributed by atoms with Gasteiger partial charge in [-0.05, 0) is 46.8 Å². The van der Waals surface area contributed by atoms with Gasteiger partial charge in [-0.3, -0.25) is 9.59 Å². The summed E-state index contributed by atoms with van der Waals surface area (Å²) in [4.78, 5) is 28.9. The second-order valence-corrected chi connectivity index (χ2v) is 5.72. The number of carboxylic acids is 1. The molecule has 108 valence electrons. The number of piperidine rings is 1. The van der Waals surface area contributed by atoms with Crippen molar-refractivity contribution < 1.29 is 14.7 Å². The fourth-order valence-corrected chi connectivity index (χ4v) is 2.86. The summed E-state index contributed by atoms with van der Waals surface area (Å²) in [6.45, 7) is 0.999. The van der Waals surface area contributed by atoms with Gasteiger partial charge in [-0.2, -0.15) is 0 Å². The summed E-state index contributed by atoms with van der Waals surface area (Å²) < 4.78 is 0.759. The van der Waals surface area contributed by atoms with Crippen LogP contribution in [0.4, 0.5) is 0 Å². The van der Waals surface area contributed by atoms with Crippen molar-refractivity contribution in [2.45, 2.75) is 25.7 Å². The number of amides is 1. The molecule has 1 unspecified atom stereocenters. The monoisotopic (exact) mass is 340 g/mol. The number of halogens is 1. The molecule has 6 heteroatoms. The van der Waals surface area contributed by atoms with Crippen LogP contribution in [-0.4, -0.2) is 40.0 Å². The van der Waals surface area contributed by atoms with Crippen LogP contribution >= 0.6 is 15.9 Å². The van der Waals surface area contributed by atoms with Crippen LogP contribution in [0.15, 0.2) is 22.9 Å². The van der Waals surface area contributed by atoms with Crippen molar-refractivity contribution in [2.75, 3.05) is 13.1 Å². The molecule has 2 rings (SSSR count). The maximum absolute atomic E-state index is 12.1. The Hall–Kier alpha value is -1.43. The molecule has 0 spiro atoms. The van der Waals surface area contributed by atoms with Gasteiger partial charge < -0.3 is 10.0 Å². The zero-order valence-electron chi connectivity index (χ0n) is 11.1. The van der Waals surface area contributed by atoms with Gasteiger partial charge in [0.15, 0.2) is 0 Å². The number of nitrogens with zero attached hydrogens (tertiary/aromatic N) is 2. The third-order valence-electron chi connectivity index (χ3n) is 3.57. The van der Waals surface area contributed by atoms with Gasteiger partial charge in [0.2, 0.25) is 5.91 Å². The van der Waals surface area contributed by atoms with Crippen LogP contribution in [0.25, 0.3) is 0 Å². The number of carbonyl (C=O) groups excluding carboxylic acids is 1. The first-order valence-corrected chi connectivity index (χ1v) is 7.47. The Morgan fingerprint density at radius 3 is 3.00 bits per heavy atom. The topological polar surface area (TPSA) is 70.5 Å². The van der Waals surface area contributed by atoms with E-state index in [0.717, 1.165) is 16.6 Å². The third kappa shape index (κ3) is 3.79. The predicted molar refractivity (Wildman–Crippen MR) is 77.2 cm³/mol. The van der Waals surface area contributed by atoms with Crippen LogP contribution in [0.3, 0.4) is 0 Å². The van der Waals surface area contributed by atoms with E-state index in [4.69, 9.17) is 5.11 Å². The molecule has 5 nitrogen and oxygen atoms in total. The Kier molecular flexibility index (Phi) is 5.11. The lowest BCUT2D eigenvalue weighted by Gasteiger charge is -2.30. The van der Waals surface area contributed by atoms with Gasteiger partial charge in [0.25, 0.3) is 0 Å². The molecule has 1 atom stereocenters. The molecule has 1 aromatic heterocycles. The van der Waals surface area contributed by atoms with E-state index in [9.17, 15) is 9.59 Å². The normalized spacial score (nSPS) is 18.9. The largest absolute Gasteiger partial charge is 0.481 e. The first kappa shape index (κ1) is 15.0. The Balaban J connectivity index is 1.89. The van der Waals surface area contributed by atoms with Crippen LogP contribution < -0.4 is 0 Å². The van der Waals surface area contributed by atoms with Gasteiger partial charge >= 0.3 is 5.97 Å². The molecule has 0 aromatic carbocycles. The first-order valence-electron chi connectivity index (χ1n) is 6.68. The third-order valence-corrected chi connectivity index (χ3v) is 4.28. The second-order valence-electron chi connectivity index (χ2n) is 4.97. The van der Waals surface area contributed by atoms with Gasteiger partial charge in [0, 0.05) is 25.7 Å². The molecule has 1 saturated heterocycles. The molecule has 0 aliphatic carbocycles. The fraction of sp³-hybridized carbons (Fsp3) is 0.500. The Labute approximate surface area is 126 Å². The lowest BCUT2D eigenvalue weighted by molar-refractivity contribution is -0.145. The van der Waals surface area contributed by atoms with E-state index in [2.05, 4.69) is 20.9 Å². The Bertz CT molecular complexity index is 507. The van der Waals surface area contributed by atoms with Crippen molar-refractivity contribution >= 4 is 27.8 Å². The minimum atomic E-state index is -0.808. The standard InChI is InChI=1S/C14H17BrN2O3/c15-13-10(3-1-7-16-13)5-6-12(18)17-8-2-4-11(9-17)14(19)20/h1,3,7,11H,2,4-6,8-9H2,(H,19,20). The highest BCUT2D eigenvalue weighted by atomic mass is 79.9. The van der Waals surface area contributed by atoms with Gasteiger partial charge in [-0.15, -0.1) is 0 Å². The fourth-order valence-electron chi connectivity index (χ4n) is 2.41. The summed E-state index contributed by atoms with van der Waals surface area (Å²) in [7, 11) is 0. The molecule has 0 radical (unpaired) electrons. The number of aryl methyl sites for hydroxylation is 1. The van der Waals surface area contributed by atoms with Crippen molar-refractivity contribution in [1.82, 2.24) is 9.88 Å². The maximum Gasteiger partial charge on any atom is 0.308 e. The van der Waals surface area contributed by atoms with E-state index < -0.39 is 11.9 Å². The van der Waals surface area contributed by atoms with E-state index in [-0.39, 0.29) is 5.91 Å². The number of pyridine rings is 1. The summed E-state index contributed by atoms with van der Waals surface area (Å²) in [5.41, 5.74) is 0.993. The summed E-state index contributed by atoms with van der Waals surface area (Å²) in [6, 6.07) is 3.77. The molecule has 1 amide bonds. The van der Waals surface area contributed by atoms with Crippen LogP contribution in [0.5, 0.6) is 0 Å². The zero-order chi connectivity index (χ0) is 14.5. The van der Waals surface area contributed by atoms with Crippen LogP contribution in [0, 0.1) is 5.92 Å². The number of hydrogen-bond donors (Lipinski definition) is 1. The predicted octanol–water partition coefficient (Wildman–Crippen LogP) is 2.10. The van der Waals surface area contributed by atoms with Crippen molar-refractivity contribution in [1.29, 1.82) is 0 Å². The lowest BCUT2D eigenvalue weighted by atomic mass is 9.98. The number of aliphatic carboxylic acids is 1. The minimum Gasteiger partial charge on any atom is -0.481 e. The van der Waals surface area contributed by atoms with Crippen LogP contribution in [0.1, 0.15) is 24.8 Å². The molecule has 20 heavy (non-hydrogen) atoms. The molecule has 1 fully saturated rings. The van der Waals surface area contributed by atoms with Gasteiger partial charge in [-0.1, -0.05) is 6.07 Å². The summed E-state index contributed by atoms with van der Waals surface area (Å²) in [6.07, 6.45) is 4.11.